The lowest BCUT2D eigenvalue weighted by Crippen LogP contribution is -2.25. The molecule has 2 rings (SSSR count). The highest BCUT2D eigenvalue weighted by Crippen LogP contribution is 2.14. The molecule has 2 aromatic rings. The smallest absolute Gasteiger partial charge is 0.123 e. The minimum atomic E-state index is -0.681. The van der Waals surface area contributed by atoms with Crippen LogP contribution >= 0.6 is 0 Å². The van der Waals surface area contributed by atoms with E-state index in [0.717, 1.165) is 5.69 Å². The Kier molecular flexibility index (Phi) is 4.54. The van der Waals surface area contributed by atoms with E-state index in [1.54, 1.807) is 30.7 Å². The van der Waals surface area contributed by atoms with Crippen LogP contribution in [0.3, 0.4) is 0 Å². The van der Waals surface area contributed by atoms with Gasteiger partial charge in [0.1, 0.15) is 5.82 Å². The van der Waals surface area contributed by atoms with Gasteiger partial charge in [-0.2, -0.15) is 0 Å². The Morgan fingerprint density at radius 1 is 1.26 bits per heavy atom. The molecule has 1 aromatic heterocycles. The van der Waals surface area contributed by atoms with E-state index >= 15 is 0 Å². The summed E-state index contributed by atoms with van der Waals surface area (Å²) in [5, 5.41) is 13.2. The lowest BCUT2D eigenvalue weighted by atomic mass is 10.1. The minimum Gasteiger partial charge on any atom is -0.387 e. The van der Waals surface area contributed by atoms with Crippen LogP contribution in [0.5, 0.6) is 0 Å². The molecule has 0 aliphatic rings. The van der Waals surface area contributed by atoms with Crippen LogP contribution in [0.15, 0.2) is 42.9 Å². The monoisotopic (exact) mass is 261 g/mol. The molecule has 2 atom stereocenters. The van der Waals surface area contributed by atoms with Crippen LogP contribution in [-0.2, 0) is 0 Å². The number of aliphatic hydroxyl groups is 1. The maximum absolute atomic E-state index is 12.8. The van der Waals surface area contributed by atoms with Crippen LogP contribution < -0.4 is 5.32 Å². The van der Waals surface area contributed by atoms with Gasteiger partial charge in [-0.15, -0.1) is 0 Å². The number of halogens is 1. The van der Waals surface area contributed by atoms with Crippen molar-refractivity contribution in [2.75, 3.05) is 6.54 Å². The zero-order valence-corrected chi connectivity index (χ0v) is 10.6. The standard InChI is InChI=1S/C14H16FN3O/c1-10(13-8-16-6-7-17-13)18-9-14(19)11-2-4-12(15)5-3-11/h2-8,10,14,18-19H,9H2,1H3. The molecule has 5 heteroatoms. The Morgan fingerprint density at radius 3 is 2.63 bits per heavy atom. The topological polar surface area (TPSA) is 58.0 Å². The molecule has 0 amide bonds. The van der Waals surface area contributed by atoms with Gasteiger partial charge in [0.05, 0.1) is 11.8 Å². The largest absolute Gasteiger partial charge is 0.387 e. The number of nitrogens with zero attached hydrogens (tertiary/aromatic N) is 2. The first-order chi connectivity index (χ1) is 9.16. The van der Waals surface area contributed by atoms with Crippen molar-refractivity contribution in [1.29, 1.82) is 0 Å². The van der Waals surface area contributed by atoms with E-state index in [0.29, 0.717) is 12.1 Å². The van der Waals surface area contributed by atoms with Gasteiger partial charge in [-0.3, -0.25) is 9.97 Å². The third-order valence-electron chi connectivity index (χ3n) is 2.90. The Bertz CT molecular complexity index is 504. The molecule has 0 fully saturated rings. The van der Waals surface area contributed by atoms with E-state index in [9.17, 15) is 9.50 Å². The highest BCUT2D eigenvalue weighted by molar-refractivity contribution is 5.18. The zero-order chi connectivity index (χ0) is 13.7. The maximum atomic E-state index is 12.8. The summed E-state index contributed by atoms with van der Waals surface area (Å²) < 4.78 is 12.8. The van der Waals surface area contributed by atoms with Crippen molar-refractivity contribution in [3.63, 3.8) is 0 Å². The van der Waals surface area contributed by atoms with Crippen molar-refractivity contribution in [2.24, 2.45) is 0 Å². The van der Waals surface area contributed by atoms with Gasteiger partial charge in [0, 0.05) is 31.2 Å². The minimum absolute atomic E-state index is 0.0104. The fourth-order valence-corrected chi connectivity index (χ4v) is 1.73. The number of nitrogens with one attached hydrogen (secondary N) is 1. The third kappa shape index (κ3) is 3.81. The van der Waals surface area contributed by atoms with E-state index in [1.165, 1.54) is 12.1 Å². The van der Waals surface area contributed by atoms with E-state index in [1.807, 2.05) is 6.92 Å². The molecular weight excluding hydrogens is 245 g/mol. The molecule has 19 heavy (non-hydrogen) atoms. The number of benzene rings is 1. The molecule has 0 saturated heterocycles. The van der Waals surface area contributed by atoms with Crippen LogP contribution in [0.25, 0.3) is 0 Å². The average molecular weight is 261 g/mol. The molecule has 1 aromatic carbocycles. The summed E-state index contributed by atoms with van der Waals surface area (Å²) in [6, 6.07) is 5.82. The first-order valence-corrected chi connectivity index (χ1v) is 6.09. The fraction of sp³-hybridized carbons (Fsp3) is 0.286. The quantitative estimate of drug-likeness (QED) is 0.864. The molecule has 0 saturated carbocycles. The Hall–Kier alpha value is -1.85. The number of aliphatic hydroxyl groups excluding tert-OH is 1. The molecule has 0 spiro atoms. The SMILES string of the molecule is CC(NCC(O)c1ccc(F)cc1)c1cnccn1. The van der Waals surface area contributed by atoms with Crippen molar-refractivity contribution >= 4 is 0 Å². The van der Waals surface area contributed by atoms with E-state index < -0.39 is 6.10 Å². The second-order valence-electron chi connectivity index (χ2n) is 4.33. The lowest BCUT2D eigenvalue weighted by Gasteiger charge is -2.16. The Morgan fingerprint density at radius 2 is 2.00 bits per heavy atom. The van der Waals surface area contributed by atoms with Crippen molar-refractivity contribution in [1.82, 2.24) is 15.3 Å². The molecule has 0 aliphatic heterocycles. The zero-order valence-electron chi connectivity index (χ0n) is 10.6. The number of aromatic nitrogens is 2. The normalized spacial score (nSPS) is 14.1. The van der Waals surface area contributed by atoms with Crippen molar-refractivity contribution in [3.8, 4) is 0 Å². The van der Waals surface area contributed by atoms with E-state index in [2.05, 4.69) is 15.3 Å². The molecule has 1 heterocycles. The van der Waals surface area contributed by atoms with Crippen LogP contribution in [0.2, 0.25) is 0 Å². The van der Waals surface area contributed by atoms with Gasteiger partial charge in [0.25, 0.3) is 0 Å². The van der Waals surface area contributed by atoms with Gasteiger partial charge in [-0.25, -0.2) is 4.39 Å². The van der Waals surface area contributed by atoms with Crippen molar-refractivity contribution in [3.05, 3.63) is 59.9 Å². The van der Waals surface area contributed by atoms with Crippen LogP contribution in [0, 0.1) is 5.82 Å². The summed E-state index contributed by atoms with van der Waals surface area (Å²) in [5.74, 6) is -0.308. The Labute approximate surface area is 111 Å². The highest BCUT2D eigenvalue weighted by atomic mass is 19.1. The molecule has 0 radical (unpaired) electrons. The van der Waals surface area contributed by atoms with Gasteiger partial charge in [0.15, 0.2) is 0 Å². The van der Waals surface area contributed by atoms with Gasteiger partial charge in [0.2, 0.25) is 0 Å². The predicted octanol–water partition coefficient (Wildman–Crippen LogP) is 2.00. The second kappa shape index (κ2) is 6.36. The van der Waals surface area contributed by atoms with Gasteiger partial charge >= 0.3 is 0 Å². The van der Waals surface area contributed by atoms with Gasteiger partial charge in [-0.1, -0.05) is 12.1 Å². The third-order valence-corrected chi connectivity index (χ3v) is 2.90. The summed E-state index contributed by atoms with van der Waals surface area (Å²) in [7, 11) is 0. The maximum Gasteiger partial charge on any atom is 0.123 e. The second-order valence-corrected chi connectivity index (χ2v) is 4.33. The molecule has 0 aliphatic carbocycles. The molecule has 2 N–H and O–H groups in total. The molecule has 2 unspecified atom stereocenters. The first-order valence-electron chi connectivity index (χ1n) is 6.09. The molecule has 100 valence electrons. The molecule has 0 bridgehead atoms. The van der Waals surface area contributed by atoms with Crippen LogP contribution in [0.1, 0.15) is 30.3 Å². The molecular formula is C14H16FN3O. The van der Waals surface area contributed by atoms with Crippen LogP contribution in [-0.4, -0.2) is 21.6 Å². The number of hydrogen-bond donors (Lipinski definition) is 2. The summed E-state index contributed by atoms with van der Waals surface area (Å²) >= 11 is 0. The first kappa shape index (κ1) is 13.6. The number of hydrogen-bond acceptors (Lipinski definition) is 4. The predicted molar refractivity (Wildman–Crippen MR) is 69.8 cm³/mol. The van der Waals surface area contributed by atoms with Crippen molar-refractivity contribution < 1.29 is 9.50 Å². The van der Waals surface area contributed by atoms with E-state index in [4.69, 9.17) is 0 Å². The van der Waals surface area contributed by atoms with E-state index in [-0.39, 0.29) is 11.9 Å². The summed E-state index contributed by atoms with van der Waals surface area (Å²) in [5.41, 5.74) is 1.49. The summed E-state index contributed by atoms with van der Waals surface area (Å²) in [4.78, 5) is 8.18. The van der Waals surface area contributed by atoms with Gasteiger partial charge < -0.3 is 10.4 Å². The average Bonchev–Trinajstić information content (AvgIpc) is 2.46. The highest BCUT2D eigenvalue weighted by Gasteiger charge is 2.11. The lowest BCUT2D eigenvalue weighted by molar-refractivity contribution is 0.170. The number of rotatable bonds is 5. The fourth-order valence-electron chi connectivity index (χ4n) is 1.73. The van der Waals surface area contributed by atoms with Crippen molar-refractivity contribution in [2.45, 2.75) is 19.1 Å². The molecule has 4 nitrogen and oxygen atoms in total. The summed E-state index contributed by atoms with van der Waals surface area (Å²) in [6.07, 6.45) is 4.25. The Balaban J connectivity index is 1.90. The summed E-state index contributed by atoms with van der Waals surface area (Å²) in [6.45, 7) is 2.31. The van der Waals surface area contributed by atoms with Gasteiger partial charge in [-0.05, 0) is 24.6 Å². The van der Waals surface area contributed by atoms with Crippen LogP contribution in [0.4, 0.5) is 4.39 Å².